The number of rotatable bonds is 5. The minimum atomic E-state index is -0.658. The van der Waals surface area contributed by atoms with Gasteiger partial charge in [0.15, 0.2) is 5.78 Å². The Morgan fingerprint density at radius 1 is 1.21 bits per heavy atom. The summed E-state index contributed by atoms with van der Waals surface area (Å²) in [4.78, 5) is 46.3. The van der Waals surface area contributed by atoms with Gasteiger partial charge in [0.1, 0.15) is 24.8 Å². The second kappa shape index (κ2) is 9.65. The molecule has 5 rings (SSSR count). The molecule has 3 aliphatic rings. The number of hydrogen-bond donors (Lipinski definition) is 1. The minimum Gasteiger partial charge on any atom is -0.368 e. The first kappa shape index (κ1) is 22.7. The van der Waals surface area contributed by atoms with Crippen molar-refractivity contribution in [2.24, 2.45) is 5.92 Å². The van der Waals surface area contributed by atoms with Crippen LogP contribution in [0.15, 0.2) is 30.6 Å². The lowest BCUT2D eigenvalue weighted by Gasteiger charge is -2.34. The van der Waals surface area contributed by atoms with E-state index in [1.807, 2.05) is 6.07 Å². The molecule has 2 aromatic rings. The number of ether oxygens (including phenoxy) is 1. The van der Waals surface area contributed by atoms with E-state index in [-0.39, 0.29) is 36.2 Å². The normalized spacial score (nSPS) is 23.4. The smallest absolute Gasteiger partial charge is 0.262 e. The number of thiophene rings is 1. The van der Waals surface area contributed by atoms with Gasteiger partial charge in [-0.15, -0.1) is 11.3 Å². The predicted octanol–water partition coefficient (Wildman–Crippen LogP) is 2.93. The van der Waals surface area contributed by atoms with Gasteiger partial charge < -0.3 is 15.0 Å². The first-order valence-electron chi connectivity index (χ1n) is 11.8. The van der Waals surface area contributed by atoms with Gasteiger partial charge in [0, 0.05) is 29.4 Å². The van der Waals surface area contributed by atoms with Gasteiger partial charge in [0.2, 0.25) is 5.91 Å². The van der Waals surface area contributed by atoms with Gasteiger partial charge in [-0.2, -0.15) is 5.26 Å². The molecule has 8 nitrogen and oxygen atoms in total. The van der Waals surface area contributed by atoms with Crippen LogP contribution in [0.1, 0.15) is 53.8 Å². The van der Waals surface area contributed by atoms with E-state index in [1.54, 1.807) is 23.2 Å². The number of pyridine rings is 1. The summed E-state index contributed by atoms with van der Waals surface area (Å²) in [5.41, 5.74) is 1.22. The van der Waals surface area contributed by atoms with Gasteiger partial charge in [-0.3, -0.25) is 19.4 Å². The molecule has 1 N–H and O–H groups in total. The predicted molar refractivity (Wildman–Crippen MR) is 125 cm³/mol. The highest BCUT2D eigenvalue weighted by Gasteiger charge is 2.49. The Balaban J connectivity index is 1.36. The van der Waals surface area contributed by atoms with Gasteiger partial charge in [0.25, 0.3) is 5.91 Å². The van der Waals surface area contributed by atoms with Crippen molar-refractivity contribution in [1.82, 2.24) is 15.2 Å². The SMILES string of the molecule is N#Cc1cncc(-c2ccc(C(=O)NC(C(=O)N3CC[C@H]4OCC(=O)[C@H]43)C3CCCCC3)s2)c1. The molecule has 9 heteroatoms. The summed E-state index contributed by atoms with van der Waals surface area (Å²) in [7, 11) is 0. The standard InChI is InChI=1S/C25H26N4O4S/c26-11-15-10-17(13-27-12-15)20-6-7-21(34-20)24(31)28-22(16-4-2-1-3-5-16)25(32)29-9-8-19-23(29)18(30)14-33-19/h6-7,10,12-13,16,19,22-23H,1-5,8-9,14H2,(H,28,31)/t19-,22?,23-/m1/s1. The number of hydrogen-bond acceptors (Lipinski definition) is 7. The summed E-state index contributed by atoms with van der Waals surface area (Å²) in [5, 5.41) is 12.1. The molecule has 4 heterocycles. The number of amides is 2. The van der Waals surface area contributed by atoms with Gasteiger partial charge in [-0.1, -0.05) is 19.3 Å². The van der Waals surface area contributed by atoms with Crippen LogP contribution in [0.2, 0.25) is 0 Å². The fourth-order valence-electron chi connectivity index (χ4n) is 5.33. The summed E-state index contributed by atoms with van der Waals surface area (Å²) in [6.07, 6.45) is 8.54. The Kier molecular flexibility index (Phi) is 6.44. The molecule has 0 spiro atoms. The first-order valence-corrected chi connectivity index (χ1v) is 12.6. The lowest BCUT2D eigenvalue weighted by atomic mass is 9.83. The van der Waals surface area contributed by atoms with Crippen molar-refractivity contribution >= 4 is 28.9 Å². The lowest BCUT2D eigenvalue weighted by molar-refractivity contribution is -0.139. The van der Waals surface area contributed by atoms with Gasteiger partial charge in [-0.25, -0.2) is 0 Å². The Bertz CT molecular complexity index is 1150. The van der Waals surface area contributed by atoms with E-state index in [1.165, 1.54) is 17.5 Å². The quantitative estimate of drug-likeness (QED) is 0.707. The average Bonchev–Trinajstić information content (AvgIpc) is 3.61. The maximum Gasteiger partial charge on any atom is 0.262 e. The summed E-state index contributed by atoms with van der Waals surface area (Å²) in [6, 6.07) is 6.19. The third kappa shape index (κ3) is 4.36. The van der Waals surface area contributed by atoms with E-state index in [2.05, 4.69) is 16.4 Å². The molecule has 2 aromatic heterocycles. The number of Topliss-reactive ketones (excluding diaryl/α,β-unsaturated/α-hetero) is 1. The zero-order valence-electron chi connectivity index (χ0n) is 18.7. The molecule has 1 unspecified atom stereocenters. The number of nitrogens with one attached hydrogen (secondary N) is 1. The summed E-state index contributed by atoms with van der Waals surface area (Å²) >= 11 is 1.30. The number of fused-ring (bicyclic) bond motifs is 1. The maximum atomic E-state index is 13.7. The topological polar surface area (TPSA) is 112 Å². The van der Waals surface area contributed by atoms with E-state index in [0.717, 1.165) is 42.5 Å². The van der Waals surface area contributed by atoms with Crippen molar-refractivity contribution in [2.45, 2.75) is 56.7 Å². The van der Waals surface area contributed by atoms with Crippen LogP contribution >= 0.6 is 11.3 Å². The Labute approximate surface area is 201 Å². The second-order valence-electron chi connectivity index (χ2n) is 9.17. The van der Waals surface area contributed by atoms with Gasteiger partial charge in [0.05, 0.1) is 16.5 Å². The van der Waals surface area contributed by atoms with Crippen molar-refractivity contribution < 1.29 is 19.1 Å². The summed E-state index contributed by atoms with van der Waals surface area (Å²) in [5.74, 6) is -0.470. The number of likely N-dealkylation sites (tertiary alicyclic amines) is 1. The minimum absolute atomic E-state index is 0.0533. The summed E-state index contributed by atoms with van der Waals surface area (Å²) in [6.45, 7) is 0.532. The third-order valence-electron chi connectivity index (χ3n) is 7.05. The molecule has 2 saturated heterocycles. The molecule has 1 aliphatic carbocycles. The second-order valence-corrected chi connectivity index (χ2v) is 10.3. The van der Waals surface area contributed by atoms with Crippen molar-refractivity contribution in [3.8, 4) is 16.5 Å². The monoisotopic (exact) mass is 478 g/mol. The fourth-order valence-corrected chi connectivity index (χ4v) is 6.22. The Morgan fingerprint density at radius 2 is 2.03 bits per heavy atom. The van der Waals surface area contributed by atoms with Crippen LogP contribution in [0.3, 0.4) is 0 Å². The molecule has 0 bridgehead atoms. The molecule has 0 aromatic carbocycles. The largest absolute Gasteiger partial charge is 0.368 e. The molecule has 0 radical (unpaired) electrons. The van der Waals surface area contributed by atoms with Crippen molar-refractivity contribution in [3.63, 3.8) is 0 Å². The van der Waals surface area contributed by atoms with Gasteiger partial charge in [-0.05, 0) is 43.4 Å². The number of nitriles is 1. The van der Waals surface area contributed by atoms with Crippen LogP contribution in [0.4, 0.5) is 0 Å². The van der Waals surface area contributed by atoms with E-state index < -0.39 is 12.1 Å². The zero-order valence-corrected chi connectivity index (χ0v) is 19.6. The molecular weight excluding hydrogens is 452 g/mol. The molecule has 3 atom stereocenters. The Morgan fingerprint density at radius 3 is 2.82 bits per heavy atom. The van der Waals surface area contributed by atoms with E-state index in [4.69, 9.17) is 10.00 Å². The fraction of sp³-hybridized carbons (Fsp3) is 0.480. The third-order valence-corrected chi connectivity index (χ3v) is 8.18. The number of carbonyl (C=O) groups excluding carboxylic acids is 3. The van der Waals surface area contributed by atoms with Crippen LogP contribution in [0, 0.1) is 17.2 Å². The van der Waals surface area contributed by atoms with E-state index in [0.29, 0.717) is 23.4 Å². The van der Waals surface area contributed by atoms with Crippen molar-refractivity contribution in [2.75, 3.05) is 13.2 Å². The number of aromatic nitrogens is 1. The average molecular weight is 479 g/mol. The highest BCUT2D eigenvalue weighted by atomic mass is 32.1. The van der Waals surface area contributed by atoms with Crippen molar-refractivity contribution in [1.29, 1.82) is 5.26 Å². The number of carbonyl (C=O) groups is 3. The molecule has 1 saturated carbocycles. The lowest BCUT2D eigenvalue weighted by Crippen LogP contribution is -2.55. The summed E-state index contributed by atoms with van der Waals surface area (Å²) < 4.78 is 5.55. The van der Waals surface area contributed by atoms with Crippen LogP contribution in [-0.2, 0) is 14.3 Å². The molecule has 2 amide bonds. The first-order chi connectivity index (χ1) is 16.5. The van der Waals surface area contributed by atoms with E-state index in [9.17, 15) is 14.4 Å². The van der Waals surface area contributed by atoms with Gasteiger partial charge >= 0.3 is 0 Å². The maximum absolute atomic E-state index is 13.7. The van der Waals surface area contributed by atoms with Crippen molar-refractivity contribution in [3.05, 3.63) is 41.0 Å². The van der Waals surface area contributed by atoms with Crippen LogP contribution in [-0.4, -0.2) is 58.8 Å². The molecule has 176 valence electrons. The number of ketones is 1. The van der Waals surface area contributed by atoms with Crippen LogP contribution in [0.25, 0.3) is 10.4 Å². The Hall–Kier alpha value is -3.09. The molecule has 2 aliphatic heterocycles. The van der Waals surface area contributed by atoms with E-state index >= 15 is 0 Å². The highest BCUT2D eigenvalue weighted by Crippen LogP contribution is 2.33. The molecule has 34 heavy (non-hydrogen) atoms. The molecular formula is C25H26N4O4S. The molecule has 3 fully saturated rings. The van der Waals surface area contributed by atoms with Crippen LogP contribution < -0.4 is 5.32 Å². The van der Waals surface area contributed by atoms with Crippen LogP contribution in [0.5, 0.6) is 0 Å². The number of nitrogens with zero attached hydrogens (tertiary/aromatic N) is 3. The zero-order chi connectivity index (χ0) is 23.7. The highest BCUT2D eigenvalue weighted by molar-refractivity contribution is 7.17.